The molecule has 1 N–H and O–H groups in total. The van der Waals surface area contributed by atoms with Gasteiger partial charge < -0.3 is 14.4 Å². The molecule has 0 aromatic rings. The molecule has 8 nitrogen and oxygen atoms in total. The second-order valence-corrected chi connectivity index (χ2v) is 15.8. The van der Waals surface area contributed by atoms with Crippen molar-refractivity contribution < 1.29 is 37.6 Å². The lowest BCUT2D eigenvalue weighted by atomic mass is 10.1. The van der Waals surface area contributed by atoms with E-state index in [4.69, 9.17) is 18.5 Å². The van der Waals surface area contributed by atoms with Gasteiger partial charge in [0.2, 0.25) is 0 Å². The van der Waals surface area contributed by atoms with Gasteiger partial charge in [-0.05, 0) is 84.0 Å². The van der Waals surface area contributed by atoms with E-state index in [9.17, 15) is 19.0 Å². The van der Waals surface area contributed by atoms with Gasteiger partial charge in [0.1, 0.15) is 6.61 Å². The van der Waals surface area contributed by atoms with Crippen molar-refractivity contribution in [2.24, 2.45) is 0 Å². The van der Waals surface area contributed by atoms with Gasteiger partial charge in [0, 0.05) is 12.8 Å². The van der Waals surface area contributed by atoms with Crippen molar-refractivity contribution in [1.29, 1.82) is 0 Å². The van der Waals surface area contributed by atoms with Crippen LogP contribution in [0.15, 0.2) is 48.6 Å². The maximum Gasteiger partial charge on any atom is 0.472 e. The van der Waals surface area contributed by atoms with Crippen molar-refractivity contribution in [3.05, 3.63) is 48.6 Å². The standard InChI is InChI=1S/C45H81O8P/c1-4-7-9-11-13-15-17-19-21-23-24-26-28-30-32-34-36-38-40-45(47)53-43(42-52-54(48,49)51-6-3)41-50-44(46)39-37-35-33-31-29-27-25-22-20-18-16-14-12-10-8-5-2/h15-18,21-23,25,43H,4-14,19-20,24,26-42H2,1-3H3,(H,48,49)/b17-15-,18-16-,23-21-,25-22-. The number of phosphoric ester groups is 1. The van der Waals surface area contributed by atoms with Gasteiger partial charge in [-0.3, -0.25) is 18.6 Å². The van der Waals surface area contributed by atoms with E-state index < -0.39 is 26.5 Å². The number of hydrogen-bond acceptors (Lipinski definition) is 7. The summed E-state index contributed by atoms with van der Waals surface area (Å²) in [5.41, 5.74) is 0. The van der Waals surface area contributed by atoms with Crippen LogP contribution in [0, 0.1) is 0 Å². The second kappa shape index (κ2) is 40.7. The Hall–Kier alpha value is -1.99. The molecule has 9 heteroatoms. The van der Waals surface area contributed by atoms with Gasteiger partial charge in [-0.2, -0.15) is 0 Å². The van der Waals surface area contributed by atoms with Crippen LogP contribution < -0.4 is 0 Å². The molecular weight excluding hydrogens is 699 g/mol. The SMILES string of the molecule is CCCCCC/C=C\C/C=C\CCCCCCCCCC(=O)OC(COC(=O)CCCCCCC/C=C\C/C=C\CCCCCC)COP(=O)(O)OCC. The minimum absolute atomic E-state index is 0.00492. The summed E-state index contributed by atoms with van der Waals surface area (Å²) >= 11 is 0. The molecule has 0 saturated carbocycles. The third kappa shape index (κ3) is 39.7. The van der Waals surface area contributed by atoms with Gasteiger partial charge in [-0.15, -0.1) is 0 Å². The average Bonchev–Trinajstić information content (AvgIpc) is 3.15. The minimum atomic E-state index is -4.29. The molecule has 0 aromatic carbocycles. The summed E-state index contributed by atoms with van der Waals surface area (Å²) in [6.07, 6.45) is 47.3. The molecule has 0 aromatic heterocycles. The van der Waals surface area contributed by atoms with Crippen LogP contribution in [-0.4, -0.2) is 42.8 Å². The van der Waals surface area contributed by atoms with E-state index in [1.807, 2.05) is 0 Å². The van der Waals surface area contributed by atoms with Gasteiger partial charge in [0.25, 0.3) is 0 Å². The van der Waals surface area contributed by atoms with E-state index in [-0.39, 0.29) is 32.0 Å². The van der Waals surface area contributed by atoms with Crippen LogP contribution in [-0.2, 0) is 32.7 Å². The number of phosphoric acid groups is 1. The lowest BCUT2D eigenvalue weighted by molar-refractivity contribution is -0.161. The Kier molecular flexibility index (Phi) is 39.2. The first kappa shape index (κ1) is 52.0. The van der Waals surface area contributed by atoms with Crippen LogP contribution in [0.5, 0.6) is 0 Å². The Labute approximate surface area is 331 Å². The quantitative estimate of drug-likeness (QED) is 0.0283. The Bertz CT molecular complexity index is 1020. The average molecular weight is 781 g/mol. The zero-order chi connectivity index (χ0) is 39.6. The van der Waals surface area contributed by atoms with Crippen molar-refractivity contribution in [2.45, 2.75) is 207 Å². The van der Waals surface area contributed by atoms with E-state index in [1.165, 1.54) is 83.5 Å². The third-order valence-corrected chi connectivity index (χ3v) is 10.2. The molecule has 0 fully saturated rings. The fraction of sp³-hybridized carbons (Fsp3) is 0.778. The van der Waals surface area contributed by atoms with Gasteiger partial charge in [-0.1, -0.05) is 152 Å². The number of allylic oxidation sites excluding steroid dienone is 8. The monoisotopic (exact) mass is 781 g/mol. The van der Waals surface area contributed by atoms with Crippen molar-refractivity contribution >= 4 is 19.8 Å². The molecule has 2 unspecified atom stereocenters. The highest BCUT2D eigenvalue weighted by Crippen LogP contribution is 2.43. The summed E-state index contributed by atoms with van der Waals surface area (Å²) in [7, 11) is -4.29. The molecule has 0 aliphatic rings. The molecule has 314 valence electrons. The highest BCUT2D eigenvalue weighted by molar-refractivity contribution is 7.47. The van der Waals surface area contributed by atoms with E-state index in [2.05, 4.69) is 62.5 Å². The summed E-state index contributed by atoms with van der Waals surface area (Å²) < 4.78 is 32.6. The van der Waals surface area contributed by atoms with Gasteiger partial charge >= 0.3 is 19.8 Å². The van der Waals surface area contributed by atoms with E-state index in [0.717, 1.165) is 77.0 Å². The first-order valence-electron chi connectivity index (χ1n) is 21.9. The van der Waals surface area contributed by atoms with E-state index in [0.29, 0.717) is 6.42 Å². The zero-order valence-corrected chi connectivity index (χ0v) is 35.8. The number of unbranched alkanes of at least 4 members (excludes halogenated alkanes) is 20. The first-order chi connectivity index (χ1) is 26.3. The molecule has 0 rings (SSSR count). The van der Waals surface area contributed by atoms with E-state index >= 15 is 0 Å². The topological polar surface area (TPSA) is 108 Å². The molecule has 0 aliphatic heterocycles. The number of ether oxygens (including phenoxy) is 2. The highest BCUT2D eigenvalue weighted by Gasteiger charge is 2.25. The number of carbonyl (C=O) groups excluding carboxylic acids is 2. The van der Waals surface area contributed by atoms with Crippen LogP contribution in [0.25, 0.3) is 0 Å². The molecule has 0 radical (unpaired) electrons. The Balaban J connectivity index is 4.12. The van der Waals surface area contributed by atoms with Crippen LogP contribution in [0.2, 0.25) is 0 Å². The molecule has 2 atom stereocenters. The molecule has 0 bridgehead atoms. The normalized spacial score (nSPS) is 13.8. The molecule has 0 saturated heterocycles. The zero-order valence-electron chi connectivity index (χ0n) is 34.9. The maximum absolute atomic E-state index is 12.6. The predicted molar refractivity (Wildman–Crippen MR) is 225 cm³/mol. The predicted octanol–water partition coefficient (Wildman–Crippen LogP) is 13.8. The molecular formula is C45H81O8P. The largest absolute Gasteiger partial charge is 0.472 e. The Morgan fingerprint density at radius 3 is 1.31 bits per heavy atom. The molecule has 0 amide bonds. The fourth-order valence-electron chi connectivity index (χ4n) is 5.87. The summed E-state index contributed by atoms with van der Waals surface area (Å²) in [6, 6.07) is 0. The Morgan fingerprint density at radius 2 is 0.889 bits per heavy atom. The molecule has 0 aliphatic carbocycles. The smallest absolute Gasteiger partial charge is 0.462 e. The fourth-order valence-corrected chi connectivity index (χ4v) is 6.62. The lowest BCUT2D eigenvalue weighted by Gasteiger charge is -2.19. The summed E-state index contributed by atoms with van der Waals surface area (Å²) in [4.78, 5) is 34.8. The van der Waals surface area contributed by atoms with Crippen molar-refractivity contribution in [2.75, 3.05) is 19.8 Å². The summed E-state index contributed by atoms with van der Waals surface area (Å²) in [6.45, 7) is 5.42. The first-order valence-corrected chi connectivity index (χ1v) is 23.4. The van der Waals surface area contributed by atoms with Gasteiger partial charge in [0.05, 0.1) is 13.2 Å². The third-order valence-electron chi connectivity index (χ3n) is 9.11. The molecule has 0 spiro atoms. The molecule has 0 heterocycles. The van der Waals surface area contributed by atoms with Crippen LogP contribution in [0.4, 0.5) is 0 Å². The summed E-state index contributed by atoms with van der Waals surface area (Å²) in [5.74, 6) is -0.822. The number of rotatable bonds is 40. The van der Waals surface area contributed by atoms with Crippen molar-refractivity contribution in [1.82, 2.24) is 0 Å². The number of hydrogen-bond donors (Lipinski definition) is 1. The highest BCUT2D eigenvalue weighted by atomic mass is 31.2. The lowest BCUT2D eigenvalue weighted by Crippen LogP contribution is -2.29. The van der Waals surface area contributed by atoms with Crippen LogP contribution in [0.3, 0.4) is 0 Å². The number of carbonyl (C=O) groups is 2. The Morgan fingerprint density at radius 1 is 0.500 bits per heavy atom. The number of esters is 2. The van der Waals surface area contributed by atoms with Crippen LogP contribution >= 0.6 is 7.82 Å². The maximum atomic E-state index is 12.6. The van der Waals surface area contributed by atoms with Crippen molar-refractivity contribution in [3.63, 3.8) is 0 Å². The minimum Gasteiger partial charge on any atom is -0.462 e. The van der Waals surface area contributed by atoms with E-state index in [1.54, 1.807) is 6.92 Å². The summed E-state index contributed by atoms with van der Waals surface area (Å²) in [5, 5.41) is 0. The second-order valence-electron chi connectivity index (χ2n) is 14.4. The van der Waals surface area contributed by atoms with Gasteiger partial charge in [-0.25, -0.2) is 4.57 Å². The van der Waals surface area contributed by atoms with Crippen LogP contribution in [0.1, 0.15) is 201 Å². The van der Waals surface area contributed by atoms with Crippen molar-refractivity contribution in [3.8, 4) is 0 Å². The molecule has 54 heavy (non-hydrogen) atoms. The van der Waals surface area contributed by atoms with Gasteiger partial charge in [0.15, 0.2) is 6.10 Å².